The van der Waals surface area contributed by atoms with E-state index in [4.69, 9.17) is 14.7 Å². The van der Waals surface area contributed by atoms with Gasteiger partial charge in [-0.05, 0) is 55.0 Å². The lowest BCUT2D eigenvalue weighted by molar-refractivity contribution is -0.122. The van der Waals surface area contributed by atoms with Gasteiger partial charge >= 0.3 is 0 Å². The molecule has 0 atom stereocenters. The fourth-order valence-corrected chi connectivity index (χ4v) is 3.51. The molecule has 1 aromatic heterocycles. The number of nitrogens with one attached hydrogen (secondary N) is 1. The van der Waals surface area contributed by atoms with Crippen LogP contribution < -0.4 is 19.7 Å². The summed E-state index contributed by atoms with van der Waals surface area (Å²) in [5.41, 5.74) is 2.47. The largest absolute Gasteiger partial charge is 0.490 e. The van der Waals surface area contributed by atoms with E-state index < -0.39 is 0 Å². The third kappa shape index (κ3) is 5.10. The Hall–Kier alpha value is -4.38. The van der Waals surface area contributed by atoms with Gasteiger partial charge in [0.1, 0.15) is 29.7 Å². The molecule has 1 aliphatic rings. The molecule has 1 aliphatic heterocycles. The molecule has 0 spiro atoms. The van der Waals surface area contributed by atoms with Gasteiger partial charge in [0.05, 0.1) is 12.2 Å². The third-order valence-corrected chi connectivity index (χ3v) is 5.17. The maximum atomic E-state index is 12.7. The van der Waals surface area contributed by atoms with E-state index in [1.54, 1.807) is 41.4 Å². The summed E-state index contributed by atoms with van der Waals surface area (Å²) in [5.74, 6) is 1.02. The fourth-order valence-electron chi connectivity index (χ4n) is 3.51. The summed E-state index contributed by atoms with van der Waals surface area (Å²) >= 11 is 0. The van der Waals surface area contributed by atoms with Crippen molar-refractivity contribution in [2.45, 2.75) is 19.8 Å². The zero-order valence-electron chi connectivity index (χ0n) is 18.1. The number of benzene rings is 2. The Balaban J connectivity index is 1.34. The van der Waals surface area contributed by atoms with Crippen LogP contribution in [0, 0.1) is 18.3 Å². The smallest absolute Gasteiger partial charge is 0.237 e. The van der Waals surface area contributed by atoms with Crippen molar-refractivity contribution >= 4 is 23.2 Å². The van der Waals surface area contributed by atoms with Gasteiger partial charge in [-0.2, -0.15) is 5.26 Å². The van der Waals surface area contributed by atoms with E-state index in [1.807, 2.05) is 37.3 Å². The Morgan fingerprint density at radius 1 is 1.18 bits per heavy atom. The summed E-state index contributed by atoms with van der Waals surface area (Å²) in [6, 6.07) is 17.9. The molecule has 0 saturated carbocycles. The number of hydrogen-bond donors (Lipinski definition) is 1. The van der Waals surface area contributed by atoms with E-state index in [9.17, 15) is 9.59 Å². The lowest BCUT2D eigenvalue weighted by atomic mass is 10.1. The van der Waals surface area contributed by atoms with E-state index >= 15 is 0 Å². The molecule has 0 fully saturated rings. The Morgan fingerprint density at radius 3 is 2.85 bits per heavy atom. The highest BCUT2D eigenvalue weighted by Crippen LogP contribution is 2.31. The van der Waals surface area contributed by atoms with Gasteiger partial charge in [0.15, 0.2) is 0 Å². The molecule has 0 saturated heterocycles. The van der Waals surface area contributed by atoms with Crippen molar-refractivity contribution in [2.75, 3.05) is 23.4 Å². The molecule has 8 heteroatoms. The SMILES string of the molecule is Cc1cc(Oc2ncccc2C#N)ccc1NC(=O)CCC(=O)N1CCOc2ccccc21. The van der Waals surface area contributed by atoms with Crippen LogP contribution in [-0.2, 0) is 9.59 Å². The average molecular weight is 442 g/mol. The molecule has 2 heterocycles. The summed E-state index contributed by atoms with van der Waals surface area (Å²) in [6.07, 6.45) is 1.71. The number of nitrogens with zero attached hydrogens (tertiary/aromatic N) is 3. The van der Waals surface area contributed by atoms with E-state index in [-0.39, 0.29) is 30.5 Å². The number of fused-ring (bicyclic) bond motifs is 1. The van der Waals surface area contributed by atoms with Gasteiger partial charge in [-0.15, -0.1) is 0 Å². The number of nitriles is 1. The molecular formula is C25H22N4O4. The van der Waals surface area contributed by atoms with Crippen molar-refractivity contribution in [1.82, 2.24) is 4.98 Å². The van der Waals surface area contributed by atoms with Crippen LogP contribution in [0.3, 0.4) is 0 Å². The minimum absolute atomic E-state index is 0.0650. The topological polar surface area (TPSA) is 105 Å². The van der Waals surface area contributed by atoms with Crippen LogP contribution in [0.1, 0.15) is 24.0 Å². The summed E-state index contributed by atoms with van der Waals surface area (Å²) in [5, 5.41) is 12.0. The normalized spacial score (nSPS) is 12.2. The highest BCUT2D eigenvalue weighted by Gasteiger charge is 2.23. The lowest BCUT2D eigenvalue weighted by Gasteiger charge is -2.29. The number of pyridine rings is 1. The number of rotatable bonds is 6. The molecular weight excluding hydrogens is 420 g/mol. The predicted molar refractivity (Wildman–Crippen MR) is 122 cm³/mol. The van der Waals surface area contributed by atoms with Gasteiger partial charge in [-0.3, -0.25) is 9.59 Å². The molecule has 1 N–H and O–H groups in total. The third-order valence-electron chi connectivity index (χ3n) is 5.17. The second-order valence-corrected chi connectivity index (χ2v) is 7.46. The molecule has 0 unspecified atom stereocenters. The number of aromatic nitrogens is 1. The quantitative estimate of drug-likeness (QED) is 0.614. The van der Waals surface area contributed by atoms with Crippen molar-refractivity contribution < 1.29 is 19.1 Å². The van der Waals surface area contributed by atoms with Crippen molar-refractivity contribution in [3.63, 3.8) is 0 Å². The Bertz CT molecular complexity index is 1240. The molecule has 3 aromatic rings. The maximum absolute atomic E-state index is 12.7. The monoisotopic (exact) mass is 442 g/mol. The Kier molecular flexibility index (Phi) is 6.51. The molecule has 0 aliphatic carbocycles. The van der Waals surface area contributed by atoms with Crippen LogP contribution in [0.4, 0.5) is 11.4 Å². The van der Waals surface area contributed by atoms with E-state index in [2.05, 4.69) is 10.3 Å². The summed E-state index contributed by atoms with van der Waals surface area (Å²) in [4.78, 5) is 30.9. The van der Waals surface area contributed by atoms with Gasteiger partial charge in [0, 0.05) is 24.7 Å². The van der Waals surface area contributed by atoms with Crippen LogP contribution in [0.25, 0.3) is 0 Å². The maximum Gasteiger partial charge on any atom is 0.237 e. The molecule has 0 bridgehead atoms. The first kappa shape index (κ1) is 21.8. The van der Waals surface area contributed by atoms with Gasteiger partial charge in [-0.25, -0.2) is 4.98 Å². The first-order chi connectivity index (χ1) is 16.0. The van der Waals surface area contributed by atoms with Crippen LogP contribution >= 0.6 is 0 Å². The zero-order chi connectivity index (χ0) is 23.2. The van der Waals surface area contributed by atoms with Crippen LogP contribution in [0.15, 0.2) is 60.8 Å². The number of ether oxygens (including phenoxy) is 2. The number of carbonyl (C=O) groups is 2. The van der Waals surface area contributed by atoms with Crippen LogP contribution in [-0.4, -0.2) is 29.9 Å². The molecule has 4 rings (SSSR count). The highest BCUT2D eigenvalue weighted by molar-refractivity contribution is 5.99. The number of carbonyl (C=O) groups excluding carboxylic acids is 2. The number of para-hydroxylation sites is 2. The van der Waals surface area contributed by atoms with Crippen LogP contribution in [0.5, 0.6) is 17.4 Å². The van der Waals surface area contributed by atoms with Crippen molar-refractivity contribution in [3.8, 4) is 23.4 Å². The first-order valence-corrected chi connectivity index (χ1v) is 10.5. The number of amides is 2. The highest BCUT2D eigenvalue weighted by atomic mass is 16.5. The fraction of sp³-hybridized carbons (Fsp3) is 0.200. The van der Waals surface area contributed by atoms with Crippen molar-refractivity contribution in [1.29, 1.82) is 5.26 Å². The lowest BCUT2D eigenvalue weighted by Crippen LogP contribution is -2.38. The van der Waals surface area contributed by atoms with Gasteiger partial charge < -0.3 is 19.7 Å². The minimum Gasteiger partial charge on any atom is -0.490 e. The number of anilines is 2. The van der Waals surface area contributed by atoms with Gasteiger partial charge in [0.25, 0.3) is 0 Å². The summed E-state index contributed by atoms with van der Waals surface area (Å²) in [6.45, 7) is 2.72. The van der Waals surface area contributed by atoms with Crippen molar-refractivity contribution in [2.24, 2.45) is 0 Å². The Morgan fingerprint density at radius 2 is 2.03 bits per heavy atom. The van der Waals surface area contributed by atoms with Gasteiger partial charge in [0.2, 0.25) is 17.7 Å². The van der Waals surface area contributed by atoms with E-state index in [0.717, 1.165) is 11.3 Å². The predicted octanol–water partition coefficient (Wildman–Crippen LogP) is 4.20. The van der Waals surface area contributed by atoms with Crippen LogP contribution in [0.2, 0.25) is 0 Å². The van der Waals surface area contributed by atoms with E-state index in [0.29, 0.717) is 35.9 Å². The number of hydrogen-bond acceptors (Lipinski definition) is 6. The first-order valence-electron chi connectivity index (χ1n) is 10.5. The molecule has 33 heavy (non-hydrogen) atoms. The second-order valence-electron chi connectivity index (χ2n) is 7.46. The zero-order valence-corrected chi connectivity index (χ0v) is 18.1. The summed E-state index contributed by atoms with van der Waals surface area (Å²) in [7, 11) is 0. The molecule has 166 valence electrons. The molecule has 2 aromatic carbocycles. The average Bonchev–Trinajstić information content (AvgIpc) is 2.84. The molecule has 0 radical (unpaired) electrons. The molecule has 2 amide bonds. The van der Waals surface area contributed by atoms with Gasteiger partial charge in [-0.1, -0.05) is 12.1 Å². The van der Waals surface area contributed by atoms with Crippen molar-refractivity contribution in [3.05, 3.63) is 71.9 Å². The Labute approximate surface area is 191 Å². The standard InChI is InChI=1S/C25H22N4O4/c1-17-15-19(33-25-18(16-26)5-4-12-27-25)8-9-20(17)28-23(30)10-11-24(31)29-13-14-32-22-7-3-2-6-21(22)29/h2-9,12,15H,10-11,13-14H2,1H3,(H,28,30). The molecule has 8 nitrogen and oxygen atoms in total. The minimum atomic E-state index is -0.252. The summed E-state index contributed by atoms with van der Waals surface area (Å²) < 4.78 is 11.3. The second kappa shape index (κ2) is 9.83. The van der Waals surface area contributed by atoms with E-state index in [1.165, 1.54) is 0 Å². The number of aryl methyl sites for hydroxylation is 1.